The van der Waals surface area contributed by atoms with Crippen LogP contribution in [0.25, 0.3) is 6.08 Å². The Labute approximate surface area is 264 Å². The van der Waals surface area contributed by atoms with Gasteiger partial charge in [-0.25, -0.2) is 4.79 Å². The van der Waals surface area contributed by atoms with Crippen LogP contribution in [0, 0.1) is 0 Å². The summed E-state index contributed by atoms with van der Waals surface area (Å²) in [5.74, 6) is -4.57. The average Bonchev–Trinajstić information content (AvgIpc) is 2.99. The monoisotopic (exact) mass is 685 g/mol. The third kappa shape index (κ3) is 6.94. The fourth-order valence-corrected chi connectivity index (χ4v) is 6.29. The number of Topliss-reactive ketones (excluding diaryl/α,β-unsaturated/α-hetero) is 1. The van der Waals surface area contributed by atoms with Crippen molar-refractivity contribution >= 4 is 57.0 Å². The number of benzene rings is 3. The van der Waals surface area contributed by atoms with Gasteiger partial charge in [-0.1, -0.05) is 64.5 Å². The van der Waals surface area contributed by atoms with E-state index < -0.39 is 24.2 Å². The Morgan fingerprint density at radius 3 is 2.31 bits per heavy atom. The van der Waals surface area contributed by atoms with E-state index >= 15 is 0 Å². The van der Waals surface area contributed by atoms with Crippen LogP contribution in [-0.4, -0.2) is 60.1 Å². The summed E-state index contributed by atoms with van der Waals surface area (Å²) in [6, 6.07) is 18.3. The van der Waals surface area contributed by atoms with Crippen molar-refractivity contribution in [1.82, 2.24) is 0 Å². The topological polar surface area (TPSA) is 131 Å². The normalized spacial score (nSPS) is 20.3. The zero-order valence-corrected chi connectivity index (χ0v) is 25.2. The SMILES string of the molecule is O=C(O)c1cc(Br)cc(N2C(=O)c3c(NC4CC[NH+](Cc5ccccc5)CC4)ccc4c3C(=O)C2C=C4)c1.O=C([O-])C(F)(F)F. The lowest BCUT2D eigenvalue weighted by atomic mass is 9.82. The first-order chi connectivity index (χ1) is 21.3. The lowest BCUT2D eigenvalue weighted by Gasteiger charge is -2.38. The van der Waals surface area contributed by atoms with Gasteiger partial charge in [0, 0.05) is 45.9 Å². The summed E-state index contributed by atoms with van der Waals surface area (Å²) in [5, 5.41) is 21.9. The maximum Gasteiger partial charge on any atom is 0.430 e. The van der Waals surface area contributed by atoms with E-state index in [0.29, 0.717) is 27.0 Å². The van der Waals surface area contributed by atoms with Crippen molar-refractivity contribution in [2.75, 3.05) is 23.3 Å². The van der Waals surface area contributed by atoms with E-state index in [1.165, 1.54) is 27.5 Å². The van der Waals surface area contributed by atoms with Crippen molar-refractivity contribution in [3.63, 3.8) is 0 Å². The number of aromatic carboxylic acids is 1. The highest BCUT2D eigenvalue weighted by Gasteiger charge is 2.43. The molecule has 9 nitrogen and oxygen atoms in total. The first-order valence-electron chi connectivity index (χ1n) is 14.0. The zero-order chi connectivity index (χ0) is 32.5. The average molecular weight is 686 g/mol. The summed E-state index contributed by atoms with van der Waals surface area (Å²) in [4.78, 5) is 51.0. The van der Waals surface area contributed by atoms with E-state index in [0.717, 1.165) is 38.0 Å². The molecule has 0 spiro atoms. The molecule has 45 heavy (non-hydrogen) atoms. The molecule has 2 aliphatic heterocycles. The molecule has 0 radical (unpaired) electrons. The standard InChI is InChI=1S/C30H26BrN3O4.C2HF3O2/c31-21-14-20(30(37)38)15-23(16-21)34-25-9-7-19-6-8-24(27(29(34)36)26(19)28(25)35)32-22-10-12-33(13-11-22)17-18-4-2-1-3-5-18;3-2(4,5)1(6)7/h1-9,14-16,22,25,32H,10-13,17H2,(H,37,38);(H,6,7). The minimum Gasteiger partial charge on any atom is -0.542 e. The number of halogens is 4. The number of alkyl halides is 3. The lowest BCUT2D eigenvalue weighted by molar-refractivity contribution is -0.918. The zero-order valence-electron chi connectivity index (χ0n) is 23.6. The van der Waals surface area contributed by atoms with Gasteiger partial charge in [0.05, 0.1) is 24.2 Å². The number of fused-ring (bicyclic) bond motifs is 1. The molecule has 1 aliphatic carbocycles. The highest BCUT2D eigenvalue weighted by Crippen LogP contribution is 2.39. The number of hydrogen-bond donors (Lipinski definition) is 3. The van der Waals surface area contributed by atoms with Gasteiger partial charge in [-0.2, -0.15) is 13.2 Å². The summed E-state index contributed by atoms with van der Waals surface area (Å²) < 4.78 is 32.1. The number of piperidine rings is 1. The summed E-state index contributed by atoms with van der Waals surface area (Å²) in [7, 11) is 0. The van der Waals surface area contributed by atoms with Crippen LogP contribution in [0.2, 0.25) is 0 Å². The van der Waals surface area contributed by atoms with Crippen molar-refractivity contribution in [2.45, 2.75) is 37.6 Å². The van der Waals surface area contributed by atoms with Crippen molar-refractivity contribution in [3.8, 4) is 0 Å². The predicted molar refractivity (Wildman–Crippen MR) is 160 cm³/mol. The number of carbonyl (C=O) groups excluding carboxylic acids is 3. The number of amides is 1. The van der Waals surface area contributed by atoms with Crippen molar-refractivity contribution in [3.05, 3.63) is 99.0 Å². The fraction of sp³-hybridized carbons (Fsp3) is 0.250. The summed E-state index contributed by atoms with van der Waals surface area (Å²) >= 11 is 3.36. The van der Waals surface area contributed by atoms with Gasteiger partial charge in [0.15, 0.2) is 5.78 Å². The summed E-state index contributed by atoms with van der Waals surface area (Å²) in [6.45, 7) is 3.04. The third-order valence-corrected chi connectivity index (χ3v) is 8.37. The molecule has 3 aromatic carbocycles. The van der Waals surface area contributed by atoms with Crippen LogP contribution in [-0.2, 0) is 11.3 Å². The Bertz CT molecular complexity index is 1690. The molecule has 3 N–H and O–H groups in total. The van der Waals surface area contributed by atoms with Gasteiger partial charge in [-0.05, 0) is 29.8 Å². The predicted octanol–water partition coefficient (Wildman–Crippen LogP) is 3.34. The van der Waals surface area contributed by atoms with Crippen LogP contribution < -0.4 is 20.2 Å². The minimum absolute atomic E-state index is 0.0390. The molecule has 13 heteroatoms. The van der Waals surface area contributed by atoms with Crippen LogP contribution in [0.5, 0.6) is 0 Å². The molecule has 2 bridgehead atoms. The number of carboxylic acids is 2. The van der Waals surface area contributed by atoms with Crippen molar-refractivity contribution in [2.24, 2.45) is 0 Å². The fourth-order valence-electron chi connectivity index (χ4n) is 5.81. The minimum atomic E-state index is -5.19. The Balaban J connectivity index is 0.000000515. The van der Waals surface area contributed by atoms with Crippen LogP contribution >= 0.6 is 15.9 Å². The number of aliphatic carboxylic acids is 1. The number of carboxylic acid groups (broad SMARTS) is 2. The van der Waals surface area contributed by atoms with E-state index in [2.05, 4.69) is 45.5 Å². The molecule has 6 rings (SSSR count). The first kappa shape index (κ1) is 31.9. The molecule has 0 aromatic heterocycles. The smallest absolute Gasteiger partial charge is 0.430 e. The Morgan fingerprint density at radius 1 is 1.02 bits per heavy atom. The van der Waals surface area contributed by atoms with Gasteiger partial charge < -0.3 is 25.2 Å². The second-order valence-electron chi connectivity index (χ2n) is 10.9. The van der Waals surface area contributed by atoms with Crippen molar-refractivity contribution in [1.29, 1.82) is 0 Å². The number of rotatable bonds is 6. The van der Waals surface area contributed by atoms with E-state index in [1.54, 1.807) is 12.1 Å². The molecule has 1 saturated heterocycles. The Hall–Kier alpha value is -4.49. The van der Waals surface area contributed by atoms with Crippen LogP contribution in [0.1, 0.15) is 55.0 Å². The van der Waals surface area contributed by atoms with Crippen LogP contribution in [0.4, 0.5) is 24.5 Å². The molecule has 3 aromatic rings. The number of nitrogens with one attached hydrogen (secondary N) is 2. The number of quaternary nitrogens is 1. The van der Waals surface area contributed by atoms with Crippen LogP contribution in [0.3, 0.4) is 0 Å². The lowest BCUT2D eigenvalue weighted by Crippen LogP contribution is -3.12. The molecule has 1 atom stereocenters. The summed E-state index contributed by atoms with van der Waals surface area (Å²) in [6.07, 6.45) is 0.308. The number of likely N-dealkylation sites (tertiary alicyclic amines) is 1. The largest absolute Gasteiger partial charge is 0.542 e. The van der Waals surface area contributed by atoms with E-state index in [1.807, 2.05) is 24.3 Å². The number of carbonyl (C=O) groups is 4. The molecule has 3 aliphatic rings. The molecular formula is C32H27BrF3N3O6. The second-order valence-corrected chi connectivity index (χ2v) is 11.8. The quantitative estimate of drug-likeness (QED) is 0.363. The van der Waals surface area contributed by atoms with Gasteiger partial charge in [0.25, 0.3) is 5.91 Å². The molecular weight excluding hydrogens is 659 g/mol. The van der Waals surface area contributed by atoms with E-state index in [-0.39, 0.29) is 23.3 Å². The number of ketones is 1. The Kier molecular flexibility index (Phi) is 9.12. The number of anilines is 2. The van der Waals surface area contributed by atoms with E-state index in [4.69, 9.17) is 9.90 Å². The van der Waals surface area contributed by atoms with E-state index in [9.17, 15) is 32.7 Å². The molecule has 0 saturated carbocycles. The highest BCUT2D eigenvalue weighted by molar-refractivity contribution is 9.10. The van der Waals surface area contributed by atoms with Crippen molar-refractivity contribution < 1.29 is 47.5 Å². The molecule has 2 heterocycles. The number of nitrogens with zero attached hydrogens (tertiary/aromatic N) is 1. The highest BCUT2D eigenvalue weighted by atomic mass is 79.9. The van der Waals surface area contributed by atoms with Gasteiger partial charge in [-0.15, -0.1) is 0 Å². The summed E-state index contributed by atoms with van der Waals surface area (Å²) in [5.41, 5.74) is 3.95. The second kappa shape index (κ2) is 12.9. The van der Waals surface area contributed by atoms with Gasteiger partial charge in [0.2, 0.25) is 0 Å². The maximum atomic E-state index is 14.0. The molecule has 1 unspecified atom stereocenters. The molecule has 1 fully saturated rings. The maximum absolute atomic E-state index is 14.0. The third-order valence-electron chi connectivity index (χ3n) is 7.91. The molecule has 234 valence electrons. The van der Waals surface area contributed by atoms with Gasteiger partial charge in [0.1, 0.15) is 18.6 Å². The molecule has 1 amide bonds. The Morgan fingerprint density at radius 2 is 1.69 bits per heavy atom. The van der Waals surface area contributed by atoms with Gasteiger partial charge in [-0.3, -0.25) is 14.5 Å². The first-order valence-corrected chi connectivity index (χ1v) is 14.8. The number of hydrogen-bond acceptors (Lipinski definition) is 6. The van der Waals surface area contributed by atoms with Crippen LogP contribution in [0.15, 0.2) is 71.2 Å². The van der Waals surface area contributed by atoms with Gasteiger partial charge >= 0.3 is 12.1 Å².